The molecule has 1 N–H and O–H groups in total. The Morgan fingerprint density at radius 3 is 2.55 bits per heavy atom. The molecule has 0 spiro atoms. The molecule has 3 aromatic rings. The summed E-state index contributed by atoms with van der Waals surface area (Å²) < 4.78 is 40.0. The Kier molecular flexibility index (Phi) is 5.25. The molecular formula is C20H19F3N6O2. The third kappa shape index (κ3) is 4.16. The lowest BCUT2D eigenvalue weighted by Gasteiger charge is -2.35. The van der Waals surface area contributed by atoms with Gasteiger partial charge in [-0.05, 0) is 30.3 Å². The fraction of sp³-hybridized carbons (Fsp3) is 0.300. The molecule has 8 nitrogen and oxygen atoms in total. The van der Waals surface area contributed by atoms with Crippen molar-refractivity contribution in [2.24, 2.45) is 7.05 Å². The summed E-state index contributed by atoms with van der Waals surface area (Å²) in [5.74, 6) is 0.279. The summed E-state index contributed by atoms with van der Waals surface area (Å²) in [6, 6.07) is 7.49. The number of aromatic nitrogens is 3. The molecule has 162 valence electrons. The van der Waals surface area contributed by atoms with E-state index in [0.29, 0.717) is 37.3 Å². The first-order valence-electron chi connectivity index (χ1n) is 9.54. The van der Waals surface area contributed by atoms with Crippen LogP contribution in [0.5, 0.6) is 0 Å². The molecule has 1 fully saturated rings. The van der Waals surface area contributed by atoms with Gasteiger partial charge in [0.15, 0.2) is 11.5 Å². The number of amides is 2. The lowest BCUT2D eigenvalue weighted by atomic mass is 10.2. The zero-order valence-electron chi connectivity index (χ0n) is 16.6. The number of urea groups is 1. The first kappa shape index (κ1) is 20.6. The molecule has 0 aliphatic carbocycles. The number of nitrogens with zero attached hydrogens (tertiary/aromatic N) is 5. The topological polar surface area (TPSA) is 83.4 Å². The van der Waals surface area contributed by atoms with Crippen LogP contribution in [0, 0.1) is 0 Å². The zero-order valence-corrected chi connectivity index (χ0v) is 16.6. The second-order valence-corrected chi connectivity index (χ2v) is 7.13. The van der Waals surface area contributed by atoms with Gasteiger partial charge < -0.3 is 15.1 Å². The Bertz CT molecular complexity index is 1190. The largest absolute Gasteiger partial charge is 0.416 e. The molecule has 4 rings (SSSR count). The summed E-state index contributed by atoms with van der Waals surface area (Å²) in [4.78, 5) is 37.1. The van der Waals surface area contributed by atoms with Crippen LogP contribution in [0.2, 0.25) is 0 Å². The molecule has 31 heavy (non-hydrogen) atoms. The summed E-state index contributed by atoms with van der Waals surface area (Å²) in [6.45, 7) is 1.31. The number of carbonyl (C=O) groups is 1. The Hall–Kier alpha value is -3.63. The SMILES string of the molecule is Cn1c(=O)c(N2CCN(C(=O)Nc3cccc(C(F)(F)F)c3)CC2)nc2cccnc21. The molecule has 1 aliphatic rings. The lowest BCUT2D eigenvalue weighted by molar-refractivity contribution is -0.137. The molecule has 0 radical (unpaired) electrons. The van der Waals surface area contributed by atoms with Crippen molar-refractivity contribution in [3.8, 4) is 0 Å². The van der Waals surface area contributed by atoms with E-state index in [4.69, 9.17) is 0 Å². The number of piperazine rings is 1. The summed E-state index contributed by atoms with van der Waals surface area (Å²) in [7, 11) is 1.63. The van der Waals surface area contributed by atoms with Crippen molar-refractivity contribution in [3.63, 3.8) is 0 Å². The lowest BCUT2D eigenvalue weighted by Crippen LogP contribution is -2.51. The van der Waals surface area contributed by atoms with Gasteiger partial charge in [0.05, 0.1) is 5.56 Å². The maximum Gasteiger partial charge on any atom is 0.416 e. The standard InChI is InChI=1S/C20H19F3N6O2/c1-27-16-15(6-3-7-24-16)26-17(18(27)30)28-8-10-29(11-9-28)19(31)25-14-5-2-4-13(12-14)20(21,22)23/h2-7,12H,8-11H2,1H3,(H,25,31). The molecule has 1 aromatic carbocycles. The normalized spacial score (nSPS) is 14.7. The number of hydrogen-bond donors (Lipinski definition) is 1. The van der Waals surface area contributed by atoms with E-state index in [1.807, 2.05) is 0 Å². The average Bonchev–Trinajstić information content (AvgIpc) is 2.76. The number of fused-ring (bicyclic) bond motifs is 1. The minimum atomic E-state index is -4.49. The first-order chi connectivity index (χ1) is 14.7. The van der Waals surface area contributed by atoms with Gasteiger partial charge in [-0.15, -0.1) is 0 Å². The van der Waals surface area contributed by atoms with Crippen molar-refractivity contribution in [2.75, 3.05) is 36.4 Å². The number of pyridine rings is 1. The first-order valence-corrected chi connectivity index (χ1v) is 9.54. The van der Waals surface area contributed by atoms with Gasteiger partial charge in [0, 0.05) is 45.1 Å². The molecule has 0 unspecified atom stereocenters. The summed E-state index contributed by atoms with van der Waals surface area (Å²) in [6.07, 6.45) is -2.90. The van der Waals surface area contributed by atoms with Gasteiger partial charge >= 0.3 is 12.2 Å². The van der Waals surface area contributed by atoms with E-state index >= 15 is 0 Å². The highest BCUT2D eigenvalue weighted by atomic mass is 19.4. The second kappa shape index (κ2) is 7.89. The van der Waals surface area contributed by atoms with E-state index in [1.165, 1.54) is 21.6 Å². The number of rotatable bonds is 2. The Morgan fingerprint density at radius 1 is 1.10 bits per heavy atom. The van der Waals surface area contributed by atoms with Crippen LogP contribution >= 0.6 is 0 Å². The van der Waals surface area contributed by atoms with Crippen molar-refractivity contribution < 1.29 is 18.0 Å². The van der Waals surface area contributed by atoms with Crippen molar-refractivity contribution in [3.05, 3.63) is 58.5 Å². The van der Waals surface area contributed by atoms with Gasteiger partial charge in [0.2, 0.25) is 0 Å². The Balaban J connectivity index is 1.45. The van der Waals surface area contributed by atoms with Gasteiger partial charge in [-0.25, -0.2) is 14.8 Å². The van der Waals surface area contributed by atoms with Crippen molar-refractivity contribution in [2.45, 2.75) is 6.18 Å². The number of benzene rings is 1. The van der Waals surface area contributed by atoms with Gasteiger partial charge in [-0.1, -0.05) is 6.07 Å². The van der Waals surface area contributed by atoms with Gasteiger partial charge in [0.1, 0.15) is 5.52 Å². The van der Waals surface area contributed by atoms with Gasteiger partial charge in [0.25, 0.3) is 5.56 Å². The van der Waals surface area contributed by atoms with Crippen LogP contribution in [-0.2, 0) is 13.2 Å². The van der Waals surface area contributed by atoms with Crippen molar-refractivity contribution in [1.82, 2.24) is 19.4 Å². The molecule has 3 heterocycles. The quantitative estimate of drug-likeness (QED) is 0.673. The summed E-state index contributed by atoms with van der Waals surface area (Å²) in [5.41, 5.74) is 0.0235. The van der Waals surface area contributed by atoms with Crippen LogP contribution in [0.1, 0.15) is 5.56 Å². The number of anilines is 2. The predicted octanol–water partition coefficient (Wildman–Crippen LogP) is 2.70. The monoisotopic (exact) mass is 432 g/mol. The predicted molar refractivity (Wildman–Crippen MR) is 109 cm³/mol. The van der Waals surface area contributed by atoms with Crippen LogP contribution in [0.4, 0.5) is 29.5 Å². The zero-order chi connectivity index (χ0) is 22.2. The van der Waals surface area contributed by atoms with Crippen molar-refractivity contribution >= 4 is 28.7 Å². The number of carbonyl (C=O) groups excluding carboxylic acids is 1. The fourth-order valence-electron chi connectivity index (χ4n) is 3.45. The molecule has 2 aromatic heterocycles. The number of hydrogen-bond acceptors (Lipinski definition) is 5. The molecule has 1 aliphatic heterocycles. The summed E-state index contributed by atoms with van der Waals surface area (Å²) >= 11 is 0. The molecule has 0 bridgehead atoms. The second-order valence-electron chi connectivity index (χ2n) is 7.13. The van der Waals surface area contributed by atoms with E-state index in [9.17, 15) is 22.8 Å². The van der Waals surface area contributed by atoms with Crippen LogP contribution < -0.4 is 15.8 Å². The van der Waals surface area contributed by atoms with E-state index in [2.05, 4.69) is 15.3 Å². The maximum absolute atomic E-state index is 12.9. The maximum atomic E-state index is 12.9. The minimum Gasteiger partial charge on any atom is -0.348 e. The van der Waals surface area contributed by atoms with E-state index in [0.717, 1.165) is 12.1 Å². The molecule has 0 atom stereocenters. The number of alkyl halides is 3. The van der Waals surface area contributed by atoms with E-state index in [1.54, 1.807) is 30.3 Å². The van der Waals surface area contributed by atoms with E-state index < -0.39 is 17.8 Å². The van der Waals surface area contributed by atoms with Crippen LogP contribution in [0.15, 0.2) is 47.4 Å². The van der Waals surface area contributed by atoms with Gasteiger partial charge in [-0.3, -0.25) is 9.36 Å². The van der Waals surface area contributed by atoms with E-state index in [-0.39, 0.29) is 17.1 Å². The highest BCUT2D eigenvalue weighted by Gasteiger charge is 2.31. The average molecular weight is 432 g/mol. The molecule has 0 saturated carbocycles. The Labute approximate surface area is 174 Å². The Morgan fingerprint density at radius 2 is 1.84 bits per heavy atom. The number of halogens is 3. The number of nitrogens with one attached hydrogen (secondary N) is 1. The smallest absolute Gasteiger partial charge is 0.348 e. The minimum absolute atomic E-state index is 0.0693. The van der Waals surface area contributed by atoms with Gasteiger partial charge in [-0.2, -0.15) is 13.2 Å². The molecule has 11 heteroatoms. The highest BCUT2D eigenvalue weighted by molar-refractivity contribution is 5.89. The molecule has 2 amide bonds. The van der Waals surface area contributed by atoms with Crippen LogP contribution in [0.25, 0.3) is 11.2 Å². The summed E-state index contributed by atoms with van der Waals surface area (Å²) in [5, 5.41) is 2.50. The third-order valence-electron chi connectivity index (χ3n) is 5.11. The number of aryl methyl sites for hydroxylation is 1. The van der Waals surface area contributed by atoms with Crippen LogP contribution in [-0.4, -0.2) is 51.6 Å². The molecule has 1 saturated heterocycles. The highest BCUT2D eigenvalue weighted by Crippen LogP contribution is 2.30. The third-order valence-corrected chi connectivity index (χ3v) is 5.11. The van der Waals surface area contributed by atoms with Crippen molar-refractivity contribution in [1.29, 1.82) is 0 Å². The van der Waals surface area contributed by atoms with Crippen LogP contribution in [0.3, 0.4) is 0 Å². The fourth-order valence-corrected chi connectivity index (χ4v) is 3.45. The molecular weight excluding hydrogens is 413 g/mol.